The molecule has 180 valence electrons. The van der Waals surface area contributed by atoms with Crippen LogP contribution in [0.4, 0.5) is 0 Å². The summed E-state index contributed by atoms with van der Waals surface area (Å²) in [5.74, 6) is -0.984. The van der Waals surface area contributed by atoms with Crippen LogP contribution in [0.3, 0.4) is 0 Å². The van der Waals surface area contributed by atoms with Crippen LogP contribution in [-0.4, -0.2) is 18.5 Å². The lowest BCUT2D eigenvalue weighted by molar-refractivity contribution is 0.0436. The monoisotopic (exact) mass is 452 g/mol. The van der Waals surface area contributed by atoms with Gasteiger partial charge in [-0.2, -0.15) is 0 Å². The first-order chi connectivity index (χ1) is 16.2. The maximum absolute atomic E-state index is 12.5. The summed E-state index contributed by atoms with van der Waals surface area (Å²) in [7, 11) is 0. The number of esters is 2. The van der Waals surface area contributed by atoms with E-state index in [2.05, 4.69) is 6.92 Å². The summed E-state index contributed by atoms with van der Waals surface area (Å²) >= 11 is 0. The van der Waals surface area contributed by atoms with E-state index in [1.54, 1.807) is 24.3 Å². The van der Waals surface area contributed by atoms with Crippen molar-refractivity contribution in [3.05, 3.63) is 71.3 Å². The van der Waals surface area contributed by atoms with Crippen LogP contribution in [0.2, 0.25) is 0 Å². The van der Waals surface area contributed by atoms with Gasteiger partial charge in [0.05, 0.1) is 17.7 Å². The molecule has 0 spiro atoms. The van der Waals surface area contributed by atoms with Gasteiger partial charge in [0.1, 0.15) is 6.61 Å². The Morgan fingerprint density at radius 3 is 1.58 bits per heavy atom. The molecular weight excluding hydrogens is 412 g/mol. The van der Waals surface area contributed by atoms with Gasteiger partial charge in [-0.05, 0) is 24.1 Å². The lowest BCUT2D eigenvalue weighted by Gasteiger charge is -2.10. The van der Waals surface area contributed by atoms with Gasteiger partial charge in [-0.25, -0.2) is 9.59 Å². The van der Waals surface area contributed by atoms with E-state index in [1.165, 1.54) is 64.2 Å². The minimum atomic E-state index is -0.517. The molecule has 0 radical (unpaired) electrons. The summed E-state index contributed by atoms with van der Waals surface area (Å²) in [4.78, 5) is 25.0. The van der Waals surface area contributed by atoms with Crippen LogP contribution in [0.15, 0.2) is 54.6 Å². The van der Waals surface area contributed by atoms with E-state index < -0.39 is 11.9 Å². The zero-order valence-electron chi connectivity index (χ0n) is 20.2. The minimum Gasteiger partial charge on any atom is -0.462 e. The zero-order chi connectivity index (χ0) is 23.6. The fraction of sp³-hybridized carbons (Fsp3) is 0.517. The van der Waals surface area contributed by atoms with Gasteiger partial charge in [-0.1, -0.05) is 120 Å². The molecule has 2 aromatic carbocycles. The molecule has 0 saturated heterocycles. The molecule has 0 atom stereocenters. The summed E-state index contributed by atoms with van der Waals surface area (Å²) in [6.07, 6.45) is 15.1. The number of hydrogen-bond acceptors (Lipinski definition) is 4. The second kappa shape index (κ2) is 16.9. The molecule has 0 unspecified atom stereocenters. The highest BCUT2D eigenvalue weighted by molar-refractivity contribution is 6.03. The van der Waals surface area contributed by atoms with E-state index in [0.29, 0.717) is 6.61 Å². The van der Waals surface area contributed by atoms with Crippen LogP contribution in [0, 0.1) is 0 Å². The molecule has 0 heterocycles. The lowest BCUT2D eigenvalue weighted by atomic mass is 10.1. The van der Waals surface area contributed by atoms with Crippen LogP contribution in [0.25, 0.3) is 0 Å². The van der Waals surface area contributed by atoms with E-state index >= 15 is 0 Å². The van der Waals surface area contributed by atoms with E-state index in [-0.39, 0.29) is 17.7 Å². The maximum atomic E-state index is 12.5. The molecule has 2 rings (SSSR count). The molecule has 0 aliphatic rings. The molecular formula is C29H40O4. The molecule has 0 aliphatic heterocycles. The molecule has 0 amide bonds. The largest absolute Gasteiger partial charge is 0.462 e. The Labute approximate surface area is 199 Å². The standard InChI is InChI=1S/C29H40O4/c1-2-3-4-5-6-7-8-9-10-11-12-18-23-32-28(30)26-21-16-17-22-27(26)29(31)33-24-25-19-14-13-15-20-25/h13-17,19-22H,2-12,18,23-24H2,1H3. The average Bonchev–Trinajstić information content (AvgIpc) is 2.86. The van der Waals surface area contributed by atoms with E-state index in [4.69, 9.17) is 9.47 Å². The van der Waals surface area contributed by atoms with Gasteiger partial charge in [0.15, 0.2) is 0 Å². The highest BCUT2D eigenvalue weighted by atomic mass is 16.5. The number of carbonyl (C=O) groups excluding carboxylic acids is 2. The Hall–Kier alpha value is -2.62. The molecule has 0 aliphatic carbocycles. The lowest BCUT2D eigenvalue weighted by Crippen LogP contribution is -2.14. The Kier molecular flexibility index (Phi) is 13.7. The van der Waals surface area contributed by atoms with Crippen LogP contribution in [0.1, 0.15) is 110 Å². The summed E-state index contributed by atoms with van der Waals surface area (Å²) in [5.41, 5.74) is 1.40. The molecule has 4 nitrogen and oxygen atoms in total. The smallest absolute Gasteiger partial charge is 0.339 e. The zero-order valence-corrected chi connectivity index (χ0v) is 20.2. The Morgan fingerprint density at radius 2 is 1.03 bits per heavy atom. The molecule has 0 bridgehead atoms. The Morgan fingerprint density at radius 1 is 0.576 bits per heavy atom. The van der Waals surface area contributed by atoms with Crippen molar-refractivity contribution < 1.29 is 19.1 Å². The second-order valence-corrected chi connectivity index (χ2v) is 8.63. The predicted molar refractivity (Wildman–Crippen MR) is 133 cm³/mol. The number of ether oxygens (including phenoxy) is 2. The van der Waals surface area contributed by atoms with Crippen LogP contribution < -0.4 is 0 Å². The van der Waals surface area contributed by atoms with Crippen molar-refractivity contribution in [2.24, 2.45) is 0 Å². The SMILES string of the molecule is CCCCCCCCCCCCCCOC(=O)c1ccccc1C(=O)OCc1ccccc1. The summed E-state index contributed by atoms with van der Waals surface area (Å²) in [5, 5.41) is 0. The molecule has 2 aromatic rings. The summed E-state index contributed by atoms with van der Waals surface area (Å²) in [6.45, 7) is 2.80. The number of benzene rings is 2. The van der Waals surface area contributed by atoms with Crippen molar-refractivity contribution in [3.63, 3.8) is 0 Å². The molecule has 0 saturated carbocycles. The highest BCUT2D eigenvalue weighted by Crippen LogP contribution is 2.15. The van der Waals surface area contributed by atoms with Gasteiger partial charge in [-0.15, -0.1) is 0 Å². The summed E-state index contributed by atoms with van der Waals surface area (Å²) < 4.78 is 10.8. The van der Waals surface area contributed by atoms with Crippen LogP contribution >= 0.6 is 0 Å². The van der Waals surface area contributed by atoms with Gasteiger partial charge >= 0.3 is 11.9 Å². The van der Waals surface area contributed by atoms with Gasteiger partial charge in [0, 0.05) is 0 Å². The number of rotatable bonds is 17. The number of unbranched alkanes of at least 4 members (excludes halogenated alkanes) is 11. The number of carbonyl (C=O) groups is 2. The molecule has 0 N–H and O–H groups in total. The van der Waals surface area contributed by atoms with Crippen LogP contribution in [-0.2, 0) is 16.1 Å². The highest BCUT2D eigenvalue weighted by Gasteiger charge is 2.19. The van der Waals surface area contributed by atoms with Crippen molar-refractivity contribution in [1.29, 1.82) is 0 Å². The maximum Gasteiger partial charge on any atom is 0.339 e. The normalized spacial score (nSPS) is 10.7. The second-order valence-electron chi connectivity index (χ2n) is 8.63. The summed E-state index contributed by atoms with van der Waals surface area (Å²) in [6, 6.07) is 16.2. The first-order valence-electron chi connectivity index (χ1n) is 12.7. The van der Waals surface area contributed by atoms with Gasteiger partial charge in [0.2, 0.25) is 0 Å². The predicted octanol–water partition coefficient (Wildman–Crippen LogP) is 7.90. The van der Waals surface area contributed by atoms with E-state index in [1.807, 2.05) is 30.3 Å². The Balaban J connectivity index is 1.60. The van der Waals surface area contributed by atoms with Gasteiger partial charge in [-0.3, -0.25) is 0 Å². The average molecular weight is 453 g/mol. The molecule has 4 heteroatoms. The molecule has 0 fully saturated rings. The third-order valence-electron chi connectivity index (χ3n) is 5.81. The van der Waals surface area contributed by atoms with Crippen LogP contribution in [0.5, 0.6) is 0 Å². The fourth-order valence-electron chi connectivity index (χ4n) is 3.83. The van der Waals surface area contributed by atoms with Crippen molar-refractivity contribution in [3.8, 4) is 0 Å². The molecule has 33 heavy (non-hydrogen) atoms. The topological polar surface area (TPSA) is 52.6 Å². The third kappa shape index (κ3) is 11.2. The first kappa shape index (κ1) is 26.6. The minimum absolute atomic E-state index is 0.169. The Bertz CT molecular complexity index is 800. The fourth-order valence-corrected chi connectivity index (χ4v) is 3.83. The van der Waals surface area contributed by atoms with E-state index in [9.17, 15) is 9.59 Å². The first-order valence-corrected chi connectivity index (χ1v) is 12.7. The quantitative estimate of drug-likeness (QED) is 0.181. The van der Waals surface area contributed by atoms with Gasteiger partial charge in [0.25, 0.3) is 0 Å². The third-order valence-corrected chi connectivity index (χ3v) is 5.81. The van der Waals surface area contributed by atoms with Gasteiger partial charge < -0.3 is 9.47 Å². The van der Waals surface area contributed by atoms with Crippen molar-refractivity contribution in [2.45, 2.75) is 90.6 Å². The molecule has 0 aromatic heterocycles. The van der Waals surface area contributed by atoms with E-state index in [0.717, 1.165) is 18.4 Å². The van der Waals surface area contributed by atoms with Crippen molar-refractivity contribution >= 4 is 11.9 Å². The number of hydrogen-bond donors (Lipinski definition) is 0. The van der Waals surface area contributed by atoms with Crippen molar-refractivity contribution in [1.82, 2.24) is 0 Å². The van der Waals surface area contributed by atoms with Crippen molar-refractivity contribution in [2.75, 3.05) is 6.61 Å².